The van der Waals surface area contributed by atoms with E-state index >= 15 is 0 Å². The number of morpholine rings is 1. The van der Waals surface area contributed by atoms with Crippen molar-refractivity contribution in [3.8, 4) is 5.75 Å². The van der Waals surface area contributed by atoms with Crippen LogP contribution in [0, 0.1) is 0 Å². The summed E-state index contributed by atoms with van der Waals surface area (Å²) < 4.78 is 13.4. The molecule has 5 rings (SSSR count). The van der Waals surface area contributed by atoms with E-state index in [0.717, 1.165) is 31.6 Å². The zero-order valence-corrected chi connectivity index (χ0v) is 18.2. The van der Waals surface area contributed by atoms with Crippen molar-refractivity contribution in [2.45, 2.75) is 45.1 Å². The van der Waals surface area contributed by atoms with Gasteiger partial charge in [-0.15, -0.1) is 5.10 Å². The topological polar surface area (TPSA) is 81.5 Å². The van der Waals surface area contributed by atoms with Crippen LogP contribution in [-0.2, 0) is 29.2 Å². The fourth-order valence-electron chi connectivity index (χ4n) is 3.72. The Balaban J connectivity index is 1.51. The van der Waals surface area contributed by atoms with Gasteiger partial charge in [-0.1, -0.05) is 28.4 Å². The first-order chi connectivity index (χ1) is 14.6. The molecule has 8 nitrogen and oxygen atoms in total. The van der Waals surface area contributed by atoms with Crippen LogP contribution in [0.5, 0.6) is 5.75 Å². The SMILES string of the molecule is O=C1CCCn2cc(nn2)COc2c(Cl)cc(cc2Cl)CN2CCOC(CCN1)C2. The highest BCUT2D eigenvalue weighted by Crippen LogP contribution is 2.35. The Labute approximate surface area is 185 Å². The molecule has 1 aromatic heterocycles. The first-order valence-electron chi connectivity index (χ1n) is 10.2. The van der Waals surface area contributed by atoms with E-state index in [1.165, 1.54) is 0 Å². The number of carbonyl (C=O) groups is 1. The summed E-state index contributed by atoms with van der Waals surface area (Å²) in [5.41, 5.74) is 1.69. The smallest absolute Gasteiger partial charge is 0.220 e. The molecule has 1 N–H and O–H groups in total. The zero-order chi connectivity index (χ0) is 20.9. The summed E-state index contributed by atoms with van der Waals surface area (Å²) in [4.78, 5) is 14.4. The van der Waals surface area contributed by atoms with Gasteiger partial charge in [0.15, 0.2) is 5.75 Å². The largest absolute Gasteiger partial charge is 0.484 e. The first kappa shape index (κ1) is 21.4. The van der Waals surface area contributed by atoms with Crippen LogP contribution in [0.2, 0.25) is 10.0 Å². The summed E-state index contributed by atoms with van der Waals surface area (Å²) in [6.07, 6.45) is 3.80. The number of benzene rings is 1. The molecule has 2 aromatic rings. The lowest BCUT2D eigenvalue weighted by molar-refractivity contribution is -0.121. The third-order valence-electron chi connectivity index (χ3n) is 5.22. The van der Waals surface area contributed by atoms with Gasteiger partial charge in [-0.2, -0.15) is 0 Å². The molecule has 1 amide bonds. The van der Waals surface area contributed by atoms with Crippen molar-refractivity contribution in [1.82, 2.24) is 25.2 Å². The van der Waals surface area contributed by atoms with Crippen LogP contribution in [0.3, 0.4) is 0 Å². The maximum Gasteiger partial charge on any atom is 0.220 e. The van der Waals surface area contributed by atoms with Crippen molar-refractivity contribution in [2.75, 3.05) is 26.2 Å². The second-order valence-electron chi connectivity index (χ2n) is 7.62. The van der Waals surface area contributed by atoms with Gasteiger partial charge < -0.3 is 14.8 Å². The number of aryl methyl sites for hydroxylation is 1. The quantitative estimate of drug-likeness (QED) is 0.660. The van der Waals surface area contributed by atoms with Crippen molar-refractivity contribution in [3.63, 3.8) is 0 Å². The van der Waals surface area contributed by atoms with Crippen LogP contribution in [0.25, 0.3) is 0 Å². The summed E-state index contributed by atoms with van der Waals surface area (Å²) in [5, 5.41) is 12.1. The van der Waals surface area contributed by atoms with Gasteiger partial charge >= 0.3 is 0 Å². The number of nitrogens with one attached hydrogen (secondary N) is 1. The molecule has 1 saturated heterocycles. The second kappa shape index (κ2) is 9.96. The van der Waals surface area contributed by atoms with Crippen LogP contribution in [0.4, 0.5) is 0 Å². The Kier molecular flexibility index (Phi) is 7.09. The number of hydrogen-bond donors (Lipinski definition) is 1. The summed E-state index contributed by atoms with van der Waals surface area (Å²) >= 11 is 12.9. The number of ether oxygens (including phenoxy) is 2. The van der Waals surface area contributed by atoms with Gasteiger partial charge in [-0.3, -0.25) is 14.4 Å². The molecule has 6 bridgehead atoms. The third kappa shape index (κ3) is 5.63. The molecule has 4 heterocycles. The Bertz CT molecular complexity index is 868. The maximum absolute atomic E-state index is 12.1. The average molecular weight is 454 g/mol. The molecule has 3 aliphatic heterocycles. The molecular weight excluding hydrogens is 429 g/mol. The van der Waals surface area contributed by atoms with Gasteiger partial charge in [-0.05, 0) is 30.5 Å². The van der Waals surface area contributed by atoms with Crippen LogP contribution in [0.1, 0.15) is 30.5 Å². The van der Waals surface area contributed by atoms with Crippen molar-refractivity contribution >= 4 is 29.1 Å². The Morgan fingerprint density at radius 2 is 2.03 bits per heavy atom. The van der Waals surface area contributed by atoms with Crippen LogP contribution in [0.15, 0.2) is 18.3 Å². The summed E-state index contributed by atoms with van der Waals surface area (Å²) in [5.74, 6) is 0.493. The van der Waals surface area contributed by atoms with E-state index in [0.29, 0.717) is 54.0 Å². The van der Waals surface area contributed by atoms with E-state index in [4.69, 9.17) is 32.7 Å². The molecular formula is C20H25Cl2N5O3. The molecule has 1 aromatic carbocycles. The third-order valence-corrected chi connectivity index (χ3v) is 5.78. The lowest BCUT2D eigenvalue weighted by Gasteiger charge is -2.33. The number of nitrogens with zero attached hydrogens (tertiary/aromatic N) is 4. The molecule has 0 radical (unpaired) electrons. The zero-order valence-electron chi connectivity index (χ0n) is 16.6. The van der Waals surface area contributed by atoms with Crippen LogP contribution < -0.4 is 10.1 Å². The van der Waals surface area contributed by atoms with Crippen molar-refractivity contribution in [1.29, 1.82) is 0 Å². The lowest BCUT2D eigenvalue weighted by atomic mass is 10.1. The molecule has 162 valence electrons. The van der Waals surface area contributed by atoms with Crippen molar-refractivity contribution < 1.29 is 14.3 Å². The van der Waals surface area contributed by atoms with E-state index < -0.39 is 0 Å². The maximum atomic E-state index is 12.1. The molecule has 2 atom stereocenters. The predicted octanol–water partition coefficient (Wildman–Crippen LogP) is 2.66. The predicted molar refractivity (Wildman–Crippen MR) is 113 cm³/mol. The molecule has 0 saturated carbocycles. The van der Waals surface area contributed by atoms with Crippen molar-refractivity contribution in [2.24, 2.45) is 0 Å². The molecule has 3 aliphatic rings. The lowest BCUT2D eigenvalue weighted by Crippen LogP contribution is -2.43. The Hall–Kier alpha value is -1.87. The normalized spacial score (nSPS) is 23.5. The number of aromatic nitrogens is 3. The van der Waals surface area contributed by atoms with Crippen LogP contribution in [-0.4, -0.2) is 58.1 Å². The van der Waals surface area contributed by atoms with E-state index in [-0.39, 0.29) is 18.6 Å². The Morgan fingerprint density at radius 3 is 2.87 bits per heavy atom. The highest BCUT2D eigenvalue weighted by atomic mass is 35.5. The second-order valence-corrected chi connectivity index (χ2v) is 8.43. The Morgan fingerprint density at radius 1 is 1.20 bits per heavy atom. The number of hydrogen-bond acceptors (Lipinski definition) is 6. The summed E-state index contributed by atoms with van der Waals surface area (Å²) in [7, 11) is 0. The number of rotatable bonds is 0. The molecule has 30 heavy (non-hydrogen) atoms. The van der Waals surface area contributed by atoms with E-state index in [9.17, 15) is 4.79 Å². The molecule has 0 spiro atoms. The van der Waals surface area contributed by atoms with E-state index in [1.54, 1.807) is 10.9 Å². The van der Waals surface area contributed by atoms with Crippen LogP contribution >= 0.6 is 23.2 Å². The number of fused-ring (bicyclic) bond motifs is 9. The standard InChI is InChI=1S/C20H25Cl2N5O3/c21-17-8-14-9-18(22)20(17)30-13-15-11-27(25-24-15)5-1-2-19(28)23-4-3-16-12-26(10-14)6-7-29-16/h8-9,11,16H,1-7,10,12-13H2,(H,23,28). The molecule has 2 unspecified atom stereocenters. The fraction of sp³-hybridized carbons (Fsp3) is 0.550. The van der Waals surface area contributed by atoms with Gasteiger partial charge in [0.2, 0.25) is 5.91 Å². The molecule has 10 heteroatoms. The van der Waals surface area contributed by atoms with Gasteiger partial charge in [0, 0.05) is 39.1 Å². The highest BCUT2D eigenvalue weighted by Gasteiger charge is 2.21. The number of amides is 1. The van der Waals surface area contributed by atoms with E-state index in [2.05, 4.69) is 20.5 Å². The molecule has 1 fully saturated rings. The molecule has 0 aliphatic carbocycles. The highest BCUT2D eigenvalue weighted by molar-refractivity contribution is 6.37. The van der Waals surface area contributed by atoms with Gasteiger partial charge in [0.1, 0.15) is 12.3 Å². The monoisotopic (exact) mass is 453 g/mol. The fourth-order valence-corrected chi connectivity index (χ4v) is 4.36. The summed E-state index contributed by atoms with van der Waals surface area (Å²) in [6.45, 7) is 4.46. The minimum Gasteiger partial charge on any atom is -0.484 e. The minimum absolute atomic E-state index is 0.0459. The average Bonchev–Trinajstić information content (AvgIpc) is 3.15. The van der Waals surface area contributed by atoms with E-state index in [1.807, 2.05) is 12.1 Å². The van der Waals surface area contributed by atoms with Gasteiger partial charge in [0.05, 0.1) is 29.0 Å². The number of halogens is 2. The first-order valence-corrected chi connectivity index (χ1v) is 10.9. The minimum atomic E-state index is 0.0459. The number of carbonyl (C=O) groups excluding carboxylic acids is 1. The van der Waals surface area contributed by atoms with Gasteiger partial charge in [0.25, 0.3) is 0 Å². The van der Waals surface area contributed by atoms with Gasteiger partial charge in [-0.25, -0.2) is 0 Å². The summed E-state index contributed by atoms with van der Waals surface area (Å²) in [6, 6.07) is 3.78. The van der Waals surface area contributed by atoms with Crippen molar-refractivity contribution in [3.05, 3.63) is 39.6 Å².